The van der Waals surface area contributed by atoms with Crippen molar-refractivity contribution in [2.75, 3.05) is 0 Å². The van der Waals surface area contributed by atoms with E-state index in [4.69, 9.17) is 16.2 Å². The van der Waals surface area contributed by atoms with E-state index >= 15 is 0 Å². The van der Waals surface area contributed by atoms with E-state index in [1.54, 1.807) is 7.05 Å². The molecule has 0 amide bonds. The summed E-state index contributed by atoms with van der Waals surface area (Å²) in [6, 6.07) is 0. The highest BCUT2D eigenvalue weighted by atomic mass is 35.5. The fraction of sp³-hybridized carbons (Fsp3) is 0.250. The second-order valence-corrected chi connectivity index (χ2v) is 2.93. The number of aromatic nitrogens is 2. The molecule has 1 heterocycles. The van der Waals surface area contributed by atoms with Gasteiger partial charge in [-0.05, 0) is 11.6 Å². The second-order valence-electron chi connectivity index (χ2n) is 1.67. The molecular formula is C4H5ClN2O2S. The molecule has 6 heteroatoms. The monoisotopic (exact) mass is 180 g/mol. The Bertz CT molecular complexity index is 272. The molecule has 0 fully saturated rings. The van der Waals surface area contributed by atoms with Gasteiger partial charge in [0.15, 0.2) is 5.03 Å². The summed E-state index contributed by atoms with van der Waals surface area (Å²) in [5.41, 5.74) is 0. The number of imidazole rings is 1. The third kappa shape index (κ3) is 1.21. The zero-order valence-corrected chi connectivity index (χ0v) is 6.69. The Morgan fingerprint density at radius 3 is 2.70 bits per heavy atom. The first-order chi connectivity index (χ1) is 4.63. The molecule has 10 heavy (non-hydrogen) atoms. The molecule has 0 aliphatic carbocycles. The summed E-state index contributed by atoms with van der Waals surface area (Å²) >= 11 is 3.48. The molecule has 1 unspecified atom stereocenters. The van der Waals surface area contributed by atoms with Crippen molar-refractivity contribution in [2.45, 2.75) is 5.03 Å². The molecule has 4 nitrogen and oxygen atoms in total. The minimum atomic E-state index is -2.00. The van der Waals surface area contributed by atoms with Crippen LogP contribution < -0.4 is 0 Å². The molecule has 1 aromatic heterocycles. The van der Waals surface area contributed by atoms with Gasteiger partial charge < -0.3 is 9.12 Å². The highest BCUT2D eigenvalue weighted by Crippen LogP contribution is 2.10. The van der Waals surface area contributed by atoms with Gasteiger partial charge in [0.1, 0.15) is 0 Å². The van der Waals surface area contributed by atoms with Crippen molar-refractivity contribution in [3.05, 3.63) is 11.5 Å². The standard InChI is InChI=1S/C4H5ClN2O2S/c1-7-3(10(8)9)2-6-4(7)5/h2H,1H3,(H,8,9). The normalized spacial score (nSPS) is 13.5. The highest BCUT2D eigenvalue weighted by molar-refractivity contribution is 7.79. The van der Waals surface area contributed by atoms with Gasteiger partial charge in [-0.25, -0.2) is 9.19 Å². The molecule has 56 valence electrons. The highest BCUT2D eigenvalue weighted by Gasteiger charge is 2.07. The Balaban J connectivity index is 3.17. The van der Waals surface area contributed by atoms with Crippen molar-refractivity contribution < 1.29 is 8.76 Å². The lowest BCUT2D eigenvalue weighted by Gasteiger charge is -1.94. The summed E-state index contributed by atoms with van der Waals surface area (Å²) in [6.45, 7) is 0. The largest absolute Gasteiger partial charge is 0.309 e. The van der Waals surface area contributed by atoms with Gasteiger partial charge in [0.25, 0.3) is 0 Å². The molecule has 0 aliphatic rings. The first kappa shape index (κ1) is 7.71. The first-order valence-electron chi connectivity index (χ1n) is 2.41. The Hall–Kier alpha value is -0.390. The second kappa shape index (κ2) is 2.69. The molecule has 1 N–H and O–H groups in total. The van der Waals surface area contributed by atoms with E-state index in [0.29, 0.717) is 0 Å². The summed E-state index contributed by atoms with van der Waals surface area (Å²) in [6.07, 6.45) is 1.26. The predicted molar refractivity (Wildman–Crippen MR) is 37.3 cm³/mol. The molecule has 1 rings (SSSR count). The fourth-order valence-corrected chi connectivity index (χ4v) is 1.19. The summed E-state index contributed by atoms with van der Waals surface area (Å²) in [5.74, 6) is 0. The maximum atomic E-state index is 10.4. The Morgan fingerprint density at radius 1 is 1.90 bits per heavy atom. The van der Waals surface area contributed by atoms with Gasteiger partial charge in [0.05, 0.1) is 6.20 Å². The predicted octanol–water partition coefficient (Wildman–Crippen LogP) is 0.654. The minimum absolute atomic E-state index is 0.199. The van der Waals surface area contributed by atoms with Crippen molar-refractivity contribution >= 4 is 22.7 Å². The van der Waals surface area contributed by atoms with Gasteiger partial charge >= 0.3 is 0 Å². The van der Waals surface area contributed by atoms with Crippen LogP contribution in [0.3, 0.4) is 0 Å². The molecule has 1 atom stereocenters. The van der Waals surface area contributed by atoms with Crippen LogP contribution in [0.4, 0.5) is 0 Å². The van der Waals surface area contributed by atoms with Crippen LogP contribution in [-0.2, 0) is 18.1 Å². The Kier molecular flexibility index (Phi) is 2.08. The van der Waals surface area contributed by atoms with E-state index in [2.05, 4.69) is 4.98 Å². The van der Waals surface area contributed by atoms with E-state index in [1.165, 1.54) is 10.8 Å². The molecule has 1 aromatic rings. The lowest BCUT2D eigenvalue weighted by Crippen LogP contribution is -1.97. The summed E-state index contributed by atoms with van der Waals surface area (Å²) in [7, 11) is 1.57. The molecule has 0 saturated heterocycles. The van der Waals surface area contributed by atoms with Gasteiger partial charge in [0, 0.05) is 7.05 Å². The smallest absolute Gasteiger partial charge is 0.205 e. The van der Waals surface area contributed by atoms with Crippen LogP contribution in [0.1, 0.15) is 0 Å². The third-order valence-corrected chi connectivity index (χ3v) is 2.16. The molecule has 0 aromatic carbocycles. The lowest BCUT2D eigenvalue weighted by atomic mass is 10.9. The number of halogens is 1. The molecular weight excluding hydrogens is 176 g/mol. The Morgan fingerprint density at radius 2 is 2.50 bits per heavy atom. The molecule has 0 spiro atoms. The van der Waals surface area contributed by atoms with Gasteiger partial charge in [-0.2, -0.15) is 0 Å². The molecule has 0 bridgehead atoms. The van der Waals surface area contributed by atoms with Crippen molar-refractivity contribution in [1.82, 2.24) is 9.55 Å². The molecule has 0 aliphatic heterocycles. The van der Waals surface area contributed by atoms with E-state index in [0.717, 1.165) is 0 Å². The van der Waals surface area contributed by atoms with Crippen LogP contribution in [0.2, 0.25) is 5.28 Å². The van der Waals surface area contributed by atoms with Crippen molar-refractivity contribution in [3.8, 4) is 0 Å². The van der Waals surface area contributed by atoms with Crippen LogP contribution >= 0.6 is 11.6 Å². The third-order valence-electron chi connectivity index (χ3n) is 1.07. The minimum Gasteiger partial charge on any atom is -0.309 e. The van der Waals surface area contributed by atoms with Crippen LogP contribution in [-0.4, -0.2) is 18.3 Å². The van der Waals surface area contributed by atoms with Crippen LogP contribution in [0.15, 0.2) is 11.2 Å². The maximum Gasteiger partial charge on any atom is 0.205 e. The van der Waals surface area contributed by atoms with Crippen LogP contribution in [0.5, 0.6) is 0 Å². The van der Waals surface area contributed by atoms with Crippen molar-refractivity contribution in [1.29, 1.82) is 0 Å². The van der Waals surface area contributed by atoms with E-state index in [1.807, 2.05) is 0 Å². The number of hydrogen-bond donors (Lipinski definition) is 1. The van der Waals surface area contributed by atoms with Crippen molar-refractivity contribution in [2.24, 2.45) is 7.05 Å². The fourth-order valence-electron chi connectivity index (χ4n) is 0.535. The number of rotatable bonds is 1. The van der Waals surface area contributed by atoms with Crippen LogP contribution in [0.25, 0.3) is 0 Å². The van der Waals surface area contributed by atoms with Gasteiger partial charge in [0.2, 0.25) is 16.4 Å². The number of hydrogen-bond acceptors (Lipinski definition) is 2. The summed E-state index contributed by atoms with van der Waals surface area (Å²) in [4.78, 5) is 3.61. The first-order valence-corrected chi connectivity index (χ1v) is 3.89. The van der Waals surface area contributed by atoms with Crippen molar-refractivity contribution in [3.63, 3.8) is 0 Å². The quantitative estimate of drug-likeness (QED) is 0.646. The lowest BCUT2D eigenvalue weighted by molar-refractivity contribution is 0.554. The number of nitrogens with zero attached hydrogens (tertiary/aromatic N) is 2. The molecule has 0 saturated carbocycles. The van der Waals surface area contributed by atoms with E-state index in [-0.39, 0.29) is 10.3 Å². The van der Waals surface area contributed by atoms with Crippen LogP contribution in [0, 0.1) is 0 Å². The SMILES string of the molecule is Cn1c(S(=O)O)cnc1Cl. The van der Waals surface area contributed by atoms with Gasteiger partial charge in [-0.3, -0.25) is 0 Å². The van der Waals surface area contributed by atoms with Gasteiger partial charge in [-0.15, -0.1) is 0 Å². The average Bonchev–Trinajstić information content (AvgIpc) is 2.14. The average molecular weight is 181 g/mol. The zero-order chi connectivity index (χ0) is 7.72. The summed E-state index contributed by atoms with van der Waals surface area (Å²) < 4.78 is 20.3. The summed E-state index contributed by atoms with van der Waals surface area (Å²) in [5, 5.41) is 0.405. The van der Waals surface area contributed by atoms with Gasteiger partial charge in [-0.1, -0.05) is 0 Å². The Labute approximate surface area is 65.1 Å². The van der Waals surface area contributed by atoms with E-state index in [9.17, 15) is 4.21 Å². The topological polar surface area (TPSA) is 55.1 Å². The zero-order valence-electron chi connectivity index (χ0n) is 5.11. The van der Waals surface area contributed by atoms with E-state index < -0.39 is 11.1 Å². The maximum absolute atomic E-state index is 10.4. The molecule has 0 radical (unpaired) electrons.